The summed E-state index contributed by atoms with van der Waals surface area (Å²) in [5.74, 6) is 0. The Morgan fingerprint density at radius 3 is 2.73 bits per heavy atom. The highest BCUT2D eigenvalue weighted by Gasteiger charge is 2.52. The maximum atomic E-state index is 2.56. The molecule has 1 heteroatoms. The van der Waals surface area contributed by atoms with Crippen LogP contribution in [0.4, 0.5) is 0 Å². The number of fused-ring (bicyclic) bond motifs is 2. The smallest absolute Gasteiger partial charge is 0.118 e. The van der Waals surface area contributed by atoms with Gasteiger partial charge in [-0.1, -0.05) is 5.57 Å². The third-order valence-corrected chi connectivity index (χ3v) is 5.65. The SMILES string of the molecule is C[C@]12CCCC[N@@+]1(C)CCC1=C2CCC1. The molecule has 3 rings (SSSR count). The Bertz CT molecular complexity index is 317. The van der Waals surface area contributed by atoms with Crippen LogP contribution >= 0.6 is 0 Å². The average molecular weight is 206 g/mol. The minimum Gasteiger partial charge on any atom is -0.318 e. The summed E-state index contributed by atoms with van der Waals surface area (Å²) in [6.07, 6.45) is 10.0. The predicted molar refractivity (Wildman–Crippen MR) is 63.7 cm³/mol. The number of rotatable bonds is 0. The van der Waals surface area contributed by atoms with E-state index in [2.05, 4.69) is 14.0 Å². The largest absolute Gasteiger partial charge is 0.318 e. The fraction of sp³-hybridized carbons (Fsp3) is 0.857. The predicted octanol–water partition coefficient (Wildman–Crippen LogP) is 3.26. The average Bonchev–Trinajstić information content (AvgIpc) is 2.68. The molecule has 0 saturated carbocycles. The van der Waals surface area contributed by atoms with Crippen LogP contribution in [0, 0.1) is 0 Å². The highest BCUT2D eigenvalue weighted by molar-refractivity contribution is 5.30. The zero-order valence-electron chi connectivity index (χ0n) is 10.3. The van der Waals surface area contributed by atoms with E-state index in [1.54, 1.807) is 0 Å². The number of hydrogen-bond acceptors (Lipinski definition) is 0. The monoisotopic (exact) mass is 206 g/mol. The molecule has 0 bridgehead atoms. The van der Waals surface area contributed by atoms with Gasteiger partial charge in [0.25, 0.3) is 0 Å². The molecular formula is C14H24N+. The van der Waals surface area contributed by atoms with E-state index in [0.29, 0.717) is 5.54 Å². The van der Waals surface area contributed by atoms with Crippen LogP contribution < -0.4 is 0 Å². The molecule has 2 heterocycles. The van der Waals surface area contributed by atoms with E-state index in [0.717, 1.165) is 0 Å². The molecule has 1 saturated heterocycles. The Morgan fingerprint density at radius 2 is 1.87 bits per heavy atom. The van der Waals surface area contributed by atoms with Crippen LogP contribution in [0.3, 0.4) is 0 Å². The summed E-state index contributed by atoms with van der Waals surface area (Å²) in [6, 6.07) is 0. The number of piperidine rings is 1. The second-order valence-corrected chi connectivity index (χ2v) is 6.26. The second-order valence-electron chi connectivity index (χ2n) is 6.26. The van der Waals surface area contributed by atoms with Crippen LogP contribution in [0.15, 0.2) is 11.1 Å². The quantitative estimate of drug-likeness (QED) is 0.421. The van der Waals surface area contributed by atoms with Crippen molar-refractivity contribution >= 4 is 0 Å². The molecule has 0 aromatic carbocycles. The summed E-state index contributed by atoms with van der Waals surface area (Å²) in [5.41, 5.74) is 4.27. The van der Waals surface area contributed by atoms with E-state index < -0.39 is 0 Å². The van der Waals surface area contributed by atoms with Crippen molar-refractivity contribution in [1.82, 2.24) is 0 Å². The lowest BCUT2D eigenvalue weighted by atomic mass is 9.74. The molecule has 1 nitrogen and oxygen atoms in total. The normalized spacial score (nSPS) is 45.2. The van der Waals surface area contributed by atoms with Gasteiger partial charge in [-0.05, 0) is 44.6 Å². The van der Waals surface area contributed by atoms with Crippen molar-refractivity contribution in [3.63, 3.8) is 0 Å². The maximum Gasteiger partial charge on any atom is 0.118 e. The summed E-state index contributed by atoms with van der Waals surface area (Å²) in [5, 5.41) is 0. The van der Waals surface area contributed by atoms with Crippen molar-refractivity contribution in [2.24, 2.45) is 0 Å². The van der Waals surface area contributed by atoms with Crippen LogP contribution in [0.1, 0.15) is 51.9 Å². The summed E-state index contributed by atoms with van der Waals surface area (Å²) in [6.45, 7) is 5.40. The van der Waals surface area contributed by atoms with Crippen molar-refractivity contribution < 1.29 is 4.48 Å². The molecule has 15 heavy (non-hydrogen) atoms. The Kier molecular flexibility index (Phi) is 2.04. The van der Waals surface area contributed by atoms with Gasteiger partial charge < -0.3 is 4.48 Å². The van der Waals surface area contributed by atoms with E-state index in [9.17, 15) is 0 Å². The van der Waals surface area contributed by atoms with Crippen molar-refractivity contribution in [2.75, 3.05) is 20.1 Å². The Morgan fingerprint density at radius 1 is 1.00 bits per heavy atom. The summed E-state index contributed by atoms with van der Waals surface area (Å²) < 4.78 is 1.35. The highest BCUT2D eigenvalue weighted by atomic mass is 15.4. The first kappa shape index (κ1) is 9.89. The fourth-order valence-electron chi connectivity index (χ4n) is 4.40. The van der Waals surface area contributed by atoms with Gasteiger partial charge in [0.1, 0.15) is 5.54 Å². The molecule has 1 fully saturated rings. The van der Waals surface area contributed by atoms with Gasteiger partial charge in [-0.2, -0.15) is 0 Å². The van der Waals surface area contributed by atoms with Gasteiger partial charge in [0, 0.05) is 12.8 Å². The Labute approximate surface area is 93.7 Å². The zero-order valence-corrected chi connectivity index (χ0v) is 10.3. The summed E-state index contributed by atoms with van der Waals surface area (Å²) in [7, 11) is 2.52. The van der Waals surface area contributed by atoms with Gasteiger partial charge in [0.05, 0.1) is 20.1 Å². The molecule has 2 aliphatic heterocycles. The van der Waals surface area contributed by atoms with Gasteiger partial charge in [-0.3, -0.25) is 0 Å². The number of quaternary nitrogens is 1. The lowest BCUT2D eigenvalue weighted by Crippen LogP contribution is -2.65. The van der Waals surface area contributed by atoms with E-state index >= 15 is 0 Å². The lowest BCUT2D eigenvalue weighted by molar-refractivity contribution is -0.958. The van der Waals surface area contributed by atoms with Crippen molar-refractivity contribution in [3.05, 3.63) is 11.1 Å². The second kappa shape index (κ2) is 3.10. The number of likely N-dealkylation sites (N-methyl/N-ethyl adjacent to an activating group) is 1. The van der Waals surface area contributed by atoms with Crippen LogP contribution in [-0.2, 0) is 0 Å². The van der Waals surface area contributed by atoms with Gasteiger partial charge in [0.2, 0.25) is 0 Å². The van der Waals surface area contributed by atoms with Gasteiger partial charge >= 0.3 is 0 Å². The molecule has 0 aromatic rings. The molecule has 0 unspecified atom stereocenters. The van der Waals surface area contributed by atoms with E-state index in [-0.39, 0.29) is 0 Å². The molecule has 0 spiro atoms. The third-order valence-electron chi connectivity index (χ3n) is 5.65. The van der Waals surface area contributed by atoms with E-state index in [4.69, 9.17) is 0 Å². The minimum atomic E-state index is 0.530. The van der Waals surface area contributed by atoms with Crippen LogP contribution in [0.2, 0.25) is 0 Å². The van der Waals surface area contributed by atoms with Crippen molar-refractivity contribution in [3.8, 4) is 0 Å². The number of nitrogens with zero attached hydrogens (tertiary/aromatic N) is 1. The molecule has 3 aliphatic rings. The maximum absolute atomic E-state index is 2.56. The molecule has 2 atom stereocenters. The molecular weight excluding hydrogens is 182 g/mol. The number of hydrogen-bond donors (Lipinski definition) is 0. The van der Waals surface area contributed by atoms with Gasteiger partial charge in [-0.15, -0.1) is 0 Å². The van der Waals surface area contributed by atoms with Crippen LogP contribution in [-0.4, -0.2) is 30.2 Å². The fourth-order valence-corrected chi connectivity index (χ4v) is 4.40. The van der Waals surface area contributed by atoms with Gasteiger partial charge in [-0.25, -0.2) is 0 Å². The molecule has 1 aliphatic carbocycles. The van der Waals surface area contributed by atoms with E-state index in [1.165, 1.54) is 62.5 Å². The molecule has 0 aromatic heterocycles. The van der Waals surface area contributed by atoms with Gasteiger partial charge in [0.15, 0.2) is 0 Å². The minimum absolute atomic E-state index is 0.530. The third kappa shape index (κ3) is 1.19. The van der Waals surface area contributed by atoms with E-state index in [1.807, 2.05) is 11.1 Å². The standard InChI is InChI=1S/C14H24N/c1-14-9-3-4-10-15(14,2)11-8-12-6-5-7-13(12)14/h3-11H2,1-2H3/q+1/t14-,15+/m1/s1. The zero-order chi connectivity index (χ0) is 10.5. The first-order valence-corrected chi connectivity index (χ1v) is 6.72. The lowest BCUT2D eigenvalue weighted by Gasteiger charge is -2.56. The first-order valence-electron chi connectivity index (χ1n) is 6.72. The molecule has 0 radical (unpaired) electrons. The van der Waals surface area contributed by atoms with Crippen molar-refractivity contribution in [2.45, 2.75) is 57.4 Å². The van der Waals surface area contributed by atoms with Crippen LogP contribution in [0.25, 0.3) is 0 Å². The molecule has 84 valence electrons. The topological polar surface area (TPSA) is 0 Å². The first-order chi connectivity index (χ1) is 7.16. The molecule has 0 amide bonds. The van der Waals surface area contributed by atoms with Crippen LogP contribution in [0.5, 0.6) is 0 Å². The Balaban J connectivity index is 2.05. The molecule has 0 N–H and O–H groups in total. The van der Waals surface area contributed by atoms with Crippen molar-refractivity contribution in [1.29, 1.82) is 0 Å². The summed E-state index contributed by atoms with van der Waals surface area (Å²) in [4.78, 5) is 0. The highest BCUT2D eigenvalue weighted by Crippen LogP contribution is 2.49. The Hall–Kier alpha value is -0.300. The summed E-state index contributed by atoms with van der Waals surface area (Å²) >= 11 is 0.